The number of nitrogens with zero attached hydrogens (tertiary/aromatic N) is 2. The molecule has 2 N–H and O–H groups in total. The molecule has 2 rings (SSSR count). The van der Waals surface area contributed by atoms with Crippen molar-refractivity contribution in [2.45, 2.75) is 32.0 Å². The monoisotopic (exact) mass is 343 g/mol. The van der Waals surface area contributed by atoms with Crippen molar-refractivity contribution in [1.29, 1.82) is 0 Å². The molecule has 0 saturated heterocycles. The van der Waals surface area contributed by atoms with Crippen molar-refractivity contribution in [3.63, 3.8) is 0 Å². The lowest BCUT2D eigenvalue weighted by atomic mass is 10.0. The van der Waals surface area contributed by atoms with Gasteiger partial charge in [0.25, 0.3) is 0 Å². The van der Waals surface area contributed by atoms with Crippen LogP contribution in [0.4, 0.5) is 0 Å². The van der Waals surface area contributed by atoms with Crippen LogP contribution in [0.25, 0.3) is 0 Å². The molecule has 0 saturated carbocycles. The van der Waals surface area contributed by atoms with Crippen molar-refractivity contribution in [2.75, 3.05) is 6.54 Å². The van der Waals surface area contributed by atoms with Gasteiger partial charge in [-0.15, -0.1) is 11.3 Å². The van der Waals surface area contributed by atoms with Crippen LogP contribution in [0.1, 0.15) is 18.7 Å². The first-order chi connectivity index (χ1) is 8.97. The zero-order valence-corrected chi connectivity index (χ0v) is 13.4. The summed E-state index contributed by atoms with van der Waals surface area (Å²) in [6.45, 7) is 5.21. The van der Waals surface area contributed by atoms with E-state index in [1.165, 1.54) is 0 Å². The predicted octanol–water partition coefficient (Wildman–Crippen LogP) is 2.59. The summed E-state index contributed by atoms with van der Waals surface area (Å²) < 4.78 is 2.85. The SMILES string of the molecule is CC(Cn1cc(Br)cn1)NCC(C)(O)c1cccs1. The second kappa shape index (κ2) is 6.17. The Bertz CT molecular complexity index is 510. The standard InChI is InChI=1S/C13H18BrN3OS/c1-10(7-17-8-11(14)6-16-17)15-9-13(2,18)12-4-3-5-19-12/h3-6,8,10,15,18H,7,9H2,1-2H3. The van der Waals surface area contributed by atoms with Crippen LogP contribution in [-0.2, 0) is 12.1 Å². The van der Waals surface area contributed by atoms with Crippen LogP contribution >= 0.6 is 27.3 Å². The zero-order valence-electron chi connectivity index (χ0n) is 11.0. The lowest BCUT2D eigenvalue weighted by molar-refractivity contribution is 0.0573. The third-order valence-corrected chi connectivity index (χ3v) is 4.44. The Kier molecular flexibility index (Phi) is 4.78. The lowest BCUT2D eigenvalue weighted by Gasteiger charge is -2.25. The summed E-state index contributed by atoms with van der Waals surface area (Å²) in [5.74, 6) is 0. The molecule has 19 heavy (non-hydrogen) atoms. The highest BCUT2D eigenvalue weighted by molar-refractivity contribution is 9.10. The smallest absolute Gasteiger partial charge is 0.108 e. The van der Waals surface area contributed by atoms with Gasteiger partial charge in [0.15, 0.2) is 0 Å². The third-order valence-electron chi connectivity index (χ3n) is 2.91. The lowest BCUT2D eigenvalue weighted by Crippen LogP contribution is -2.41. The van der Waals surface area contributed by atoms with Crippen LogP contribution in [-0.4, -0.2) is 27.5 Å². The van der Waals surface area contributed by atoms with Crippen LogP contribution in [0.2, 0.25) is 0 Å². The predicted molar refractivity (Wildman–Crippen MR) is 81.3 cm³/mol. The van der Waals surface area contributed by atoms with Crippen LogP contribution in [0.3, 0.4) is 0 Å². The summed E-state index contributed by atoms with van der Waals surface area (Å²) in [5, 5.41) is 20.0. The number of rotatable bonds is 6. The molecule has 0 fully saturated rings. The van der Waals surface area contributed by atoms with Gasteiger partial charge < -0.3 is 10.4 Å². The van der Waals surface area contributed by atoms with E-state index in [1.54, 1.807) is 17.5 Å². The maximum atomic E-state index is 10.4. The summed E-state index contributed by atoms with van der Waals surface area (Å²) in [4.78, 5) is 0.981. The summed E-state index contributed by atoms with van der Waals surface area (Å²) in [6.07, 6.45) is 3.71. The first-order valence-electron chi connectivity index (χ1n) is 6.15. The van der Waals surface area contributed by atoms with E-state index in [0.29, 0.717) is 6.54 Å². The molecular weight excluding hydrogens is 326 g/mol. The van der Waals surface area contributed by atoms with E-state index in [2.05, 4.69) is 33.3 Å². The second-order valence-electron chi connectivity index (χ2n) is 4.91. The van der Waals surface area contributed by atoms with Crippen molar-refractivity contribution < 1.29 is 5.11 Å². The Balaban J connectivity index is 1.85. The highest BCUT2D eigenvalue weighted by Crippen LogP contribution is 2.24. The van der Waals surface area contributed by atoms with Crippen molar-refractivity contribution in [1.82, 2.24) is 15.1 Å². The number of hydrogen-bond donors (Lipinski definition) is 2. The van der Waals surface area contributed by atoms with Gasteiger partial charge in [0.2, 0.25) is 0 Å². The molecule has 0 aliphatic rings. The summed E-state index contributed by atoms with van der Waals surface area (Å²) in [7, 11) is 0. The van der Waals surface area contributed by atoms with E-state index >= 15 is 0 Å². The van der Waals surface area contributed by atoms with Crippen molar-refractivity contribution >= 4 is 27.3 Å². The fourth-order valence-electron chi connectivity index (χ4n) is 1.83. The normalized spacial score (nSPS) is 16.2. The third kappa shape index (κ3) is 4.14. The van der Waals surface area contributed by atoms with E-state index in [-0.39, 0.29) is 6.04 Å². The Morgan fingerprint density at radius 1 is 1.63 bits per heavy atom. The molecule has 0 radical (unpaired) electrons. The molecule has 4 nitrogen and oxygen atoms in total. The molecule has 0 aliphatic carbocycles. The van der Waals surface area contributed by atoms with E-state index in [4.69, 9.17) is 0 Å². The summed E-state index contributed by atoms with van der Waals surface area (Å²) >= 11 is 4.95. The van der Waals surface area contributed by atoms with Crippen molar-refractivity contribution in [2.24, 2.45) is 0 Å². The molecule has 2 unspecified atom stereocenters. The molecule has 0 aliphatic heterocycles. The van der Waals surface area contributed by atoms with Gasteiger partial charge in [0, 0.05) is 23.7 Å². The maximum Gasteiger partial charge on any atom is 0.108 e. The quantitative estimate of drug-likeness (QED) is 0.847. The first kappa shape index (κ1) is 14.7. The second-order valence-corrected chi connectivity index (χ2v) is 6.78. The Hall–Kier alpha value is -0.690. The van der Waals surface area contributed by atoms with E-state index in [9.17, 15) is 5.11 Å². The van der Waals surface area contributed by atoms with Gasteiger partial charge in [-0.2, -0.15) is 5.10 Å². The molecule has 0 spiro atoms. The minimum absolute atomic E-state index is 0.234. The van der Waals surface area contributed by atoms with E-state index < -0.39 is 5.60 Å². The molecule has 104 valence electrons. The van der Waals surface area contributed by atoms with Gasteiger partial charge >= 0.3 is 0 Å². The molecule has 0 bridgehead atoms. The van der Waals surface area contributed by atoms with Crippen LogP contribution in [0.15, 0.2) is 34.4 Å². The Labute approximate surface area is 125 Å². The number of halogens is 1. The largest absolute Gasteiger partial charge is 0.383 e. The molecular formula is C13H18BrN3OS. The van der Waals surface area contributed by atoms with E-state index in [0.717, 1.165) is 15.9 Å². The minimum atomic E-state index is -0.826. The van der Waals surface area contributed by atoms with Gasteiger partial charge in [-0.3, -0.25) is 4.68 Å². The highest BCUT2D eigenvalue weighted by Gasteiger charge is 2.24. The fraction of sp³-hybridized carbons (Fsp3) is 0.462. The van der Waals surface area contributed by atoms with Crippen LogP contribution < -0.4 is 5.32 Å². The van der Waals surface area contributed by atoms with Crippen LogP contribution in [0.5, 0.6) is 0 Å². The average molecular weight is 344 g/mol. The molecule has 0 amide bonds. The molecule has 2 aromatic heterocycles. The van der Waals surface area contributed by atoms with Crippen molar-refractivity contribution in [3.05, 3.63) is 39.3 Å². The average Bonchev–Trinajstić information content (AvgIpc) is 2.98. The van der Waals surface area contributed by atoms with Gasteiger partial charge in [-0.1, -0.05) is 6.07 Å². The number of thiophene rings is 1. The van der Waals surface area contributed by atoms with Gasteiger partial charge in [-0.05, 0) is 41.2 Å². The molecule has 0 aromatic carbocycles. The number of nitrogens with one attached hydrogen (secondary N) is 1. The van der Waals surface area contributed by atoms with Gasteiger partial charge in [0.05, 0.1) is 17.2 Å². The van der Waals surface area contributed by atoms with E-state index in [1.807, 2.05) is 35.3 Å². The van der Waals surface area contributed by atoms with Gasteiger partial charge in [-0.25, -0.2) is 0 Å². The number of aromatic nitrogens is 2. The van der Waals surface area contributed by atoms with Gasteiger partial charge in [0.1, 0.15) is 5.60 Å². The maximum absolute atomic E-state index is 10.4. The zero-order chi connectivity index (χ0) is 13.9. The van der Waals surface area contributed by atoms with Crippen molar-refractivity contribution in [3.8, 4) is 0 Å². The summed E-state index contributed by atoms with van der Waals surface area (Å²) in [5.41, 5.74) is -0.826. The Morgan fingerprint density at radius 3 is 3.00 bits per heavy atom. The molecule has 2 atom stereocenters. The molecule has 6 heteroatoms. The summed E-state index contributed by atoms with van der Waals surface area (Å²) in [6, 6.07) is 4.15. The first-order valence-corrected chi connectivity index (χ1v) is 7.82. The number of aliphatic hydroxyl groups is 1. The topological polar surface area (TPSA) is 50.1 Å². The highest BCUT2D eigenvalue weighted by atomic mass is 79.9. The van der Waals surface area contributed by atoms with Crippen LogP contribution in [0, 0.1) is 0 Å². The Morgan fingerprint density at radius 2 is 2.42 bits per heavy atom. The fourth-order valence-corrected chi connectivity index (χ4v) is 2.94. The molecule has 2 heterocycles. The number of hydrogen-bond acceptors (Lipinski definition) is 4. The minimum Gasteiger partial charge on any atom is -0.383 e. The molecule has 2 aromatic rings.